The zero-order valence-corrected chi connectivity index (χ0v) is 24.3. The molecule has 0 radical (unpaired) electrons. The molecule has 5 heterocycles. The zero-order chi connectivity index (χ0) is 27.8. The van der Waals surface area contributed by atoms with Crippen LogP contribution < -0.4 is 10.5 Å². The summed E-state index contributed by atoms with van der Waals surface area (Å²) in [5.41, 5.74) is 9.40. The number of thiophene rings is 1. The lowest BCUT2D eigenvalue weighted by molar-refractivity contribution is -0.125. The Kier molecular flexibility index (Phi) is 7.48. The number of benzene rings is 1. The number of aromatic nitrogens is 3. The van der Waals surface area contributed by atoms with Crippen LogP contribution in [0.2, 0.25) is 0 Å². The second-order valence-corrected chi connectivity index (χ2v) is 11.8. The molecule has 0 spiro atoms. The standard InChI is InChI=1S/C30H37N7O2S/c1-4-34-10-12-35(13-11-34)8-5-6-26(38)36-9-7-22(17-36)37-18-23(27-29(31)32-19-33-30(27)37)25-16-21-14-20(2)15-24(39-3)28(21)40-25/h5-6,14-16,18-19,22H,4,7-13,17H2,1-3H3,(H2,31,32,33)/b6-5+. The number of nitrogen functional groups attached to an aromatic ring is 1. The van der Waals surface area contributed by atoms with E-state index in [9.17, 15) is 4.79 Å². The van der Waals surface area contributed by atoms with Gasteiger partial charge in [-0.3, -0.25) is 9.69 Å². The first kappa shape index (κ1) is 26.7. The number of carbonyl (C=O) groups excluding carboxylic acids is 1. The van der Waals surface area contributed by atoms with E-state index in [4.69, 9.17) is 10.5 Å². The molecular weight excluding hydrogens is 522 g/mol. The third-order valence-electron chi connectivity index (χ3n) is 8.26. The Bertz CT molecular complexity index is 1570. The molecule has 1 unspecified atom stereocenters. The number of ether oxygens (including phenoxy) is 1. The average molecular weight is 560 g/mol. The third kappa shape index (κ3) is 5.07. The summed E-state index contributed by atoms with van der Waals surface area (Å²) in [7, 11) is 1.71. The molecule has 0 aliphatic carbocycles. The molecule has 210 valence electrons. The number of hydrogen-bond acceptors (Lipinski definition) is 8. The number of piperazine rings is 1. The molecule has 0 saturated carbocycles. The van der Waals surface area contributed by atoms with Gasteiger partial charge in [-0.2, -0.15) is 0 Å². The fourth-order valence-electron chi connectivity index (χ4n) is 5.99. The minimum atomic E-state index is 0.0764. The van der Waals surface area contributed by atoms with Gasteiger partial charge in [0.15, 0.2) is 0 Å². The van der Waals surface area contributed by atoms with Crippen molar-refractivity contribution < 1.29 is 9.53 Å². The molecule has 40 heavy (non-hydrogen) atoms. The van der Waals surface area contributed by atoms with Crippen molar-refractivity contribution in [3.8, 4) is 16.2 Å². The van der Waals surface area contributed by atoms with E-state index in [1.165, 1.54) is 6.33 Å². The molecule has 2 saturated heterocycles. The number of amides is 1. The highest BCUT2D eigenvalue weighted by molar-refractivity contribution is 7.22. The van der Waals surface area contributed by atoms with Crippen LogP contribution in [0.3, 0.4) is 0 Å². The highest BCUT2D eigenvalue weighted by Crippen LogP contribution is 2.43. The summed E-state index contributed by atoms with van der Waals surface area (Å²) >= 11 is 1.69. The maximum absolute atomic E-state index is 13.0. The highest BCUT2D eigenvalue weighted by atomic mass is 32.1. The van der Waals surface area contributed by atoms with Crippen molar-refractivity contribution in [3.05, 3.63) is 48.4 Å². The number of aryl methyl sites for hydroxylation is 1. The van der Waals surface area contributed by atoms with Gasteiger partial charge in [-0.05, 0) is 43.0 Å². The van der Waals surface area contributed by atoms with E-state index >= 15 is 0 Å². The molecule has 2 aliphatic heterocycles. The lowest BCUT2D eigenvalue weighted by Crippen LogP contribution is -2.46. The minimum Gasteiger partial charge on any atom is -0.495 e. The first-order valence-corrected chi connectivity index (χ1v) is 14.9. The highest BCUT2D eigenvalue weighted by Gasteiger charge is 2.29. The maximum Gasteiger partial charge on any atom is 0.246 e. The molecular formula is C30H37N7O2S. The lowest BCUT2D eigenvalue weighted by Gasteiger charge is -2.33. The predicted octanol–water partition coefficient (Wildman–Crippen LogP) is 4.18. The summed E-state index contributed by atoms with van der Waals surface area (Å²) in [6.07, 6.45) is 8.30. The molecule has 2 N–H and O–H groups in total. The topological polar surface area (TPSA) is 92.8 Å². The Morgan fingerprint density at radius 1 is 1.15 bits per heavy atom. The number of likely N-dealkylation sites (N-methyl/N-ethyl adjacent to an activating group) is 1. The van der Waals surface area contributed by atoms with Crippen LogP contribution >= 0.6 is 11.3 Å². The molecule has 3 aromatic heterocycles. The van der Waals surface area contributed by atoms with E-state index in [-0.39, 0.29) is 11.9 Å². The number of nitrogens with zero attached hydrogens (tertiary/aromatic N) is 6. The SMILES string of the molecule is CCN1CCN(C/C=C/C(=O)N2CCC(n3cc(-c4cc5cc(C)cc(OC)c5s4)c4c(N)ncnc43)C2)CC1. The molecule has 6 rings (SSSR count). The average Bonchev–Trinajstić information content (AvgIpc) is 3.70. The van der Waals surface area contributed by atoms with E-state index in [0.717, 1.165) is 95.1 Å². The van der Waals surface area contributed by atoms with Crippen molar-refractivity contribution in [1.29, 1.82) is 0 Å². The van der Waals surface area contributed by atoms with Gasteiger partial charge >= 0.3 is 0 Å². The lowest BCUT2D eigenvalue weighted by atomic mass is 10.1. The Hall–Kier alpha value is -3.47. The molecule has 0 bridgehead atoms. The van der Waals surface area contributed by atoms with Crippen LogP contribution in [-0.4, -0.2) is 94.6 Å². The number of nitrogens with two attached hydrogens (primary N) is 1. The second kappa shape index (κ2) is 11.2. The van der Waals surface area contributed by atoms with Crippen molar-refractivity contribution in [2.24, 2.45) is 0 Å². The van der Waals surface area contributed by atoms with Crippen molar-refractivity contribution in [3.63, 3.8) is 0 Å². The van der Waals surface area contributed by atoms with Crippen LogP contribution in [0.15, 0.2) is 42.9 Å². The van der Waals surface area contributed by atoms with Crippen molar-refractivity contribution in [1.82, 2.24) is 29.2 Å². The van der Waals surface area contributed by atoms with Crippen LogP contribution in [0, 0.1) is 6.92 Å². The Labute approximate surface area is 238 Å². The molecule has 2 fully saturated rings. The summed E-state index contributed by atoms with van der Waals surface area (Å²) < 4.78 is 8.97. The molecule has 10 heteroatoms. The van der Waals surface area contributed by atoms with Gasteiger partial charge in [0, 0.05) is 68.5 Å². The van der Waals surface area contributed by atoms with Gasteiger partial charge in [-0.15, -0.1) is 11.3 Å². The van der Waals surface area contributed by atoms with Gasteiger partial charge in [0.2, 0.25) is 5.91 Å². The van der Waals surface area contributed by atoms with Crippen LogP contribution in [-0.2, 0) is 4.79 Å². The maximum atomic E-state index is 13.0. The molecule has 1 amide bonds. The first-order chi connectivity index (χ1) is 19.4. The summed E-state index contributed by atoms with van der Waals surface area (Å²) in [6, 6.07) is 6.55. The van der Waals surface area contributed by atoms with Crippen LogP contribution in [0.25, 0.3) is 31.6 Å². The number of anilines is 1. The second-order valence-electron chi connectivity index (χ2n) is 10.8. The van der Waals surface area contributed by atoms with E-state index in [1.54, 1.807) is 24.5 Å². The molecule has 1 aromatic carbocycles. The fourth-order valence-corrected chi connectivity index (χ4v) is 7.14. The van der Waals surface area contributed by atoms with Crippen molar-refractivity contribution >= 4 is 44.2 Å². The van der Waals surface area contributed by atoms with Gasteiger partial charge in [-0.25, -0.2) is 9.97 Å². The smallest absolute Gasteiger partial charge is 0.246 e. The number of hydrogen-bond donors (Lipinski definition) is 1. The Morgan fingerprint density at radius 3 is 2.73 bits per heavy atom. The summed E-state index contributed by atoms with van der Waals surface area (Å²) in [6.45, 7) is 11.9. The van der Waals surface area contributed by atoms with Gasteiger partial charge in [0.05, 0.1) is 23.2 Å². The summed E-state index contributed by atoms with van der Waals surface area (Å²) in [5.74, 6) is 1.42. The Balaban J connectivity index is 1.22. The van der Waals surface area contributed by atoms with Gasteiger partial charge in [-0.1, -0.05) is 19.1 Å². The van der Waals surface area contributed by atoms with Crippen molar-refractivity contribution in [2.75, 3.05) is 65.2 Å². The third-order valence-corrected chi connectivity index (χ3v) is 9.45. The molecule has 1 atom stereocenters. The normalized spacial score (nSPS) is 19.0. The number of methoxy groups -OCH3 is 1. The van der Waals surface area contributed by atoms with Crippen LogP contribution in [0.5, 0.6) is 5.75 Å². The van der Waals surface area contributed by atoms with Crippen LogP contribution in [0.4, 0.5) is 5.82 Å². The van der Waals surface area contributed by atoms with E-state index in [2.05, 4.69) is 62.6 Å². The van der Waals surface area contributed by atoms with E-state index in [0.29, 0.717) is 12.4 Å². The molecule has 2 aliphatic rings. The monoisotopic (exact) mass is 559 g/mol. The van der Waals surface area contributed by atoms with E-state index in [1.807, 2.05) is 11.0 Å². The first-order valence-electron chi connectivity index (χ1n) is 14.0. The fraction of sp³-hybridized carbons (Fsp3) is 0.433. The largest absolute Gasteiger partial charge is 0.495 e. The number of likely N-dealkylation sites (tertiary alicyclic amines) is 1. The minimum absolute atomic E-state index is 0.0764. The van der Waals surface area contributed by atoms with Gasteiger partial charge in [0.1, 0.15) is 23.5 Å². The quantitative estimate of drug-likeness (QED) is 0.340. The molecule has 4 aromatic rings. The van der Waals surface area contributed by atoms with Gasteiger partial charge < -0.3 is 24.8 Å². The van der Waals surface area contributed by atoms with Crippen molar-refractivity contribution in [2.45, 2.75) is 26.3 Å². The zero-order valence-electron chi connectivity index (χ0n) is 23.5. The molecule has 9 nitrogen and oxygen atoms in total. The number of fused-ring (bicyclic) bond motifs is 2. The number of carbonyl (C=O) groups is 1. The number of rotatable bonds is 7. The van der Waals surface area contributed by atoms with Crippen LogP contribution in [0.1, 0.15) is 24.9 Å². The van der Waals surface area contributed by atoms with E-state index < -0.39 is 0 Å². The van der Waals surface area contributed by atoms with Gasteiger partial charge in [0.25, 0.3) is 0 Å². The Morgan fingerprint density at radius 2 is 1.95 bits per heavy atom. The summed E-state index contributed by atoms with van der Waals surface area (Å²) in [5, 5.41) is 2.00. The predicted molar refractivity (Wildman–Crippen MR) is 162 cm³/mol. The summed E-state index contributed by atoms with van der Waals surface area (Å²) in [4.78, 5) is 29.9.